The Kier molecular flexibility index (Phi) is 4.91. The maximum atomic E-state index is 3.48. The standard InChI is InChI=1S/C12H19NS/c1-10(2)6-7-13-11(3)9-12-5-4-8-14-12/h4-6,8,11,13H,7,9H2,1-3H3. The fourth-order valence-corrected chi connectivity index (χ4v) is 2.10. The average Bonchev–Trinajstić information content (AvgIpc) is 2.56. The summed E-state index contributed by atoms with van der Waals surface area (Å²) in [6.45, 7) is 7.48. The van der Waals surface area contributed by atoms with Crippen LogP contribution in [0.5, 0.6) is 0 Å². The molecule has 0 aliphatic carbocycles. The number of nitrogens with one attached hydrogen (secondary N) is 1. The van der Waals surface area contributed by atoms with Crippen molar-refractivity contribution in [2.24, 2.45) is 0 Å². The fraction of sp³-hybridized carbons (Fsp3) is 0.500. The summed E-state index contributed by atoms with van der Waals surface area (Å²) in [6.07, 6.45) is 3.36. The monoisotopic (exact) mass is 209 g/mol. The third-order valence-electron chi connectivity index (χ3n) is 2.06. The van der Waals surface area contributed by atoms with E-state index < -0.39 is 0 Å². The first kappa shape index (κ1) is 11.5. The van der Waals surface area contributed by atoms with Crippen LogP contribution in [-0.2, 0) is 6.42 Å². The van der Waals surface area contributed by atoms with Crippen LogP contribution in [0.2, 0.25) is 0 Å². The summed E-state index contributed by atoms with van der Waals surface area (Å²) in [5.74, 6) is 0. The van der Waals surface area contributed by atoms with Crippen molar-refractivity contribution in [3.63, 3.8) is 0 Å². The Morgan fingerprint density at radius 2 is 2.36 bits per heavy atom. The molecule has 14 heavy (non-hydrogen) atoms. The van der Waals surface area contributed by atoms with Crippen molar-refractivity contribution in [1.29, 1.82) is 0 Å². The molecule has 1 atom stereocenters. The average molecular weight is 209 g/mol. The van der Waals surface area contributed by atoms with Crippen LogP contribution in [-0.4, -0.2) is 12.6 Å². The molecule has 0 spiro atoms. The van der Waals surface area contributed by atoms with Gasteiger partial charge in [-0.3, -0.25) is 0 Å². The van der Waals surface area contributed by atoms with Crippen molar-refractivity contribution in [1.82, 2.24) is 5.32 Å². The molecule has 1 aromatic heterocycles. The maximum absolute atomic E-state index is 3.48. The van der Waals surface area contributed by atoms with Gasteiger partial charge in [-0.05, 0) is 38.6 Å². The van der Waals surface area contributed by atoms with Gasteiger partial charge in [0.2, 0.25) is 0 Å². The predicted molar refractivity (Wildman–Crippen MR) is 64.9 cm³/mol. The topological polar surface area (TPSA) is 12.0 Å². The highest BCUT2D eigenvalue weighted by atomic mass is 32.1. The lowest BCUT2D eigenvalue weighted by atomic mass is 10.2. The van der Waals surface area contributed by atoms with E-state index in [9.17, 15) is 0 Å². The Bertz CT molecular complexity index is 271. The molecular weight excluding hydrogens is 190 g/mol. The first-order valence-corrected chi connectivity index (χ1v) is 5.95. The molecule has 0 saturated carbocycles. The molecule has 0 bridgehead atoms. The highest BCUT2D eigenvalue weighted by Gasteiger charge is 2.01. The lowest BCUT2D eigenvalue weighted by molar-refractivity contribution is 0.583. The molecule has 0 saturated heterocycles. The van der Waals surface area contributed by atoms with Gasteiger partial charge in [-0.15, -0.1) is 11.3 Å². The predicted octanol–water partition coefficient (Wildman–Crippen LogP) is 3.23. The van der Waals surface area contributed by atoms with Crippen LogP contribution < -0.4 is 5.32 Å². The van der Waals surface area contributed by atoms with Crippen molar-refractivity contribution in [2.45, 2.75) is 33.2 Å². The van der Waals surface area contributed by atoms with Crippen molar-refractivity contribution in [2.75, 3.05) is 6.54 Å². The molecule has 1 nitrogen and oxygen atoms in total. The van der Waals surface area contributed by atoms with Gasteiger partial charge in [0.15, 0.2) is 0 Å². The van der Waals surface area contributed by atoms with E-state index in [0.717, 1.165) is 13.0 Å². The second kappa shape index (κ2) is 5.99. The minimum absolute atomic E-state index is 0.559. The Morgan fingerprint density at radius 3 is 2.93 bits per heavy atom. The summed E-state index contributed by atoms with van der Waals surface area (Å²) in [6, 6.07) is 4.87. The van der Waals surface area contributed by atoms with Gasteiger partial charge in [0.25, 0.3) is 0 Å². The first-order valence-electron chi connectivity index (χ1n) is 5.07. The summed E-state index contributed by atoms with van der Waals surface area (Å²) in [5, 5.41) is 5.62. The lowest BCUT2D eigenvalue weighted by Crippen LogP contribution is -2.27. The molecular formula is C12H19NS. The lowest BCUT2D eigenvalue weighted by Gasteiger charge is -2.10. The van der Waals surface area contributed by atoms with E-state index in [-0.39, 0.29) is 0 Å². The molecule has 0 fully saturated rings. The minimum atomic E-state index is 0.559. The zero-order valence-corrected chi connectivity index (χ0v) is 10.0. The summed E-state index contributed by atoms with van der Waals surface area (Å²) in [4.78, 5) is 1.46. The van der Waals surface area contributed by atoms with Gasteiger partial charge in [0, 0.05) is 17.5 Å². The molecule has 1 unspecified atom stereocenters. The molecule has 2 heteroatoms. The first-order chi connectivity index (χ1) is 6.68. The molecule has 78 valence electrons. The van der Waals surface area contributed by atoms with Crippen LogP contribution in [0, 0.1) is 0 Å². The minimum Gasteiger partial charge on any atom is -0.310 e. The molecule has 0 amide bonds. The number of allylic oxidation sites excluding steroid dienone is 1. The van der Waals surface area contributed by atoms with E-state index >= 15 is 0 Å². The quantitative estimate of drug-likeness (QED) is 0.734. The zero-order chi connectivity index (χ0) is 10.4. The maximum Gasteiger partial charge on any atom is 0.0139 e. The fourth-order valence-electron chi connectivity index (χ4n) is 1.27. The van der Waals surface area contributed by atoms with Gasteiger partial charge in [0.05, 0.1) is 0 Å². The second-order valence-corrected chi connectivity index (χ2v) is 4.91. The molecule has 1 aromatic rings. The molecule has 0 aliphatic rings. The SMILES string of the molecule is CC(C)=CCNC(C)Cc1cccs1. The largest absolute Gasteiger partial charge is 0.310 e. The molecule has 0 radical (unpaired) electrons. The molecule has 1 rings (SSSR count). The van der Waals surface area contributed by atoms with Crippen LogP contribution in [0.4, 0.5) is 0 Å². The van der Waals surface area contributed by atoms with Crippen molar-refractivity contribution >= 4 is 11.3 Å². The highest BCUT2D eigenvalue weighted by Crippen LogP contribution is 2.10. The number of thiophene rings is 1. The normalized spacial score (nSPS) is 12.5. The summed E-state index contributed by atoms with van der Waals surface area (Å²) in [7, 11) is 0. The Hall–Kier alpha value is -0.600. The van der Waals surface area contributed by atoms with Gasteiger partial charge < -0.3 is 5.32 Å². The number of hydrogen-bond acceptors (Lipinski definition) is 2. The Balaban J connectivity index is 2.23. The van der Waals surface area contributed by atoms with Gasteiger partial charge in [-0.2, -0.15) is 0 Å². The van der Waals surface area contributed by atoms with E-state index in [4.69, 9.17) is 0 Å². The van der Waals surface area contributed by atoms with Crippen molar-refractivity contribution in [3.8, 4) is 0 Å². The molecule has 1 heterocycles. The van der Waals surface area contributed by atoms with Crippen LogP contribution in [0.1, 0.15) is 25.6 Å². The third kappa shape index (κ3) is 4.58. The van der Waals surface area contributed by atoms with Crippen LogP contribution in [0.3, 0.4) is 0 Å². The third-order valence-corrected chi connectivity index (χ3v) is 2.96. The Labute approximate surface area is 90.9 Å². The number of rotatable bonds is 5. The van der Waals surface area contributed by atoms with Crippen molar-refractivity contribution < 1.29 is 0 Å². The van der Waals surface area contributed by atoms with Crippen molar-refractivity contribution in [3.05, 3.63) is 34.0 Å². The van der Waals surface area contributed by atoms with Gasteiger partial charge in [0.1, 0.15) is 0 Å². The van der Waals surface area contributed by atoms with E-state index in [1.54, 1.807) is 0 Å². The molecule has 1 N–H and O–H groups in total. The Morgan fingerprint density at radius 1 is 1.57 bits per heavy atom. The van der Waals surface area contributed by atoms with E-state index in [1.807, 2.05) is 11.3 Å². The van der Waals surface area contributed by atoms with Gasteiger partial charge >= 0.3 is 0 Å². The summed E-state index contributed by atoms with van der Waals surface area (Å²) < 4.78 is 0. The van der Waals surface area contributed by atoms with Gasteiger partial charge in [-0.1, -0.05) is 17.7 Å². The van der Waals surface area contributed by atoms with E-state index in [0.29, 0.717) is 6.04 Å². The van der Waals surface area contributed by atoms with Gasteiger partial charge in [-0.25, -0.2) is 0 Å². The van der Waals surface area contributed by atoms with E-state index in [2.05, 4.69) is 49.7 Å². The number of hydrogen-bond donors (Lipinski definition) is 1. The van der Waals surface area contributed by atoms with Crippen LogP contribution in [0.15, 0.2) is 29.2 Å². The molecule has 0 aliphatic heterocycles. The summed E-state index contributed by atoms with van der Waals surface area (Å²) in [5.41, 5.74) is 1.38. The highest BCUT2D eigenvalue weighted by molar-refractivity contribution is 7.09. The zero-order valence-electron chi connectivity index (χ0n) is 9.21. The second-order valence-electron chi connectivity index (χ2n) is 3.87. The van der Waals surface area contributed by atoms with Crippen LogP contribution in [0.25, 0.3) is 0 Å². The van der Waals surface area contributed by atoms with Crippen LogP contribution >= 0.6 is 11.3 Å². The van der Waals surface area contributed by atoms with E-state index in [1.165, 1.54) is 10.5 Å². The summed E-state index contributed by atoms with van der Waals surface area (Å²) >= 11 is 1.84. The molecule has 0 aromatic carbocycles. The smallest absolute Gasteiger partial charge is 0.0139 e.